The number of nitrogens with one attached hydrogen (secondary N) is 1. The van der Waals surface area contributed by atoms with Gasteiger partial charge in [-0.15, -0.1) is 11.3 Å². The van der Waals surface area contributed by atoms with Gasteiger partial charge in [0.2, 0.25) is 5.82 Å². The molecule has 2 atom stereocenters. The van der Waals surface area contributed by atoms with Gasteiger partial charge < -0.3 is 24.4 Å². The Morgan fingerprint density at radius 2 is 1.97 bits per heavy atom. The molecule has 2 aliphatic rings. The first-order valence-electron chi connectivity index (χ1n) is 12.0. The van der Waals surface area contributed by atoms with Crippen LogP contribution in [0.4, 0.5) is 18.9 Å². The molecule has 0 aliphatic carbocycles. The number of nitrogens with zero attached hydrogens (tertiary/aromatic N) is 4. The van der Waals surface area contributed by atoms with Gasteiger partial charge in [-0.05, 0) is 26.0 Å². The van der Waals surface area contributed by atoms with Gasteiger partial charge in [-0.1, -0.05) is 0 Å². The van der Waals surface area contributed by atoms with E-state index in [0.29, 0.717) is 47.4 Å². The highest BCUT2D eigenvalue weighted by Crippen LogP contribution is 2.43. The molecule has 5 rings (SSSR count). The number of carbonyl (C=O) groups excluding carboxylic acids is 2. The second-order valence-electron chi connectivity index (χ2n) is 9.04. The average molecular weight is 564 g/mol. The van der Waals surface area contributed by atoms with Crippen molar-refractivity contribution in [2.45, 2.75) is 32.2 Å². The van der Waals surface area contributed by atoms with Gasteiger partial charge in [-0.2, -0.15) is 13.2 Å². The van der Waals surface area contributed by atoms with Crippen molar-refractivity contribution < 1.29 is 37.0 Å². The van der Waals surface area contributed by atoms with Crippen molar-refractivity contribution in [3.05, 3.63) is 52.6 Å². The van der Waals surface area contributed by atoms with Crippen LogP contribution in [0.15, 0.2) is 30.7 Å². The molecule has 1 saturated heterocycles. The zero-order valence-corrected chi connectivity index (χ0v) is 21.8. The molecule has 4 heterocycles. The maximum atomic E-state index is 13.4. The SMILES string of the molecule is Cc1cnc(-c2cc(C(=O)N[C@H](C)c3cnc(C(F)(F)F)nc3)cc3c2OCC(=O)N3CC2COCCO2)s1. The zero-order valence-electron chi connectivity index (χ0n) is 20.9. The minimum Gasteiger partial charge on any atom is -0.481 e. The van der Waals surface area contributed by atoms with E-state index in [1.165, 1.54) is 16.2 Å². The van der Waals surface area contributed by atoms with Crippen LogP contribution < -0.4 is 15.0 Å². The molecule has 1 aromatic carbocycles. The second-order valence-corrected chi connectivity index (χ2v) is 10.3. The number of benzene rings is 1. The van der Waals surface area contributed by atoms with E-state index < -0.39 is 23.9 Å². The molecular weight excluding hydrogens is 539 g/mol. The molecule has 0 bridgehead atoms. The summed E-state index contributed by atoms with van der Waals surface area (Å²) in [6, 6.07) is 2.46. The molecule has 0 radical (unpaired) electrons. The van der Waals surface area contributed by atoms with E-state index in [9.17, 15) is 22.8 Å². The number of fused-ring (bicyclic) bond motifs is 1. The fourth-order valence-corrected chi connectivity index (χ4v) is 4.98. The van der Waals surface area contributed by atoms with Crippen LogP contribution in [0.25, 0.3) is 10.6 Å². The van der Waals surface area contributed by atoms with E-state index in [-0.39, 0.29) is 30.7 Å². The molecule has 3 aromatic rings. The highest BCUT2D eigenvalue weighted by Gasteiger charge is 2.35. The van der Waals surface area contributed by atoms with Gasteiger partial charge >= 0.3 is 6.18 Å². The number of rotatable bonds is 6. The number of ether oxygens (including phenoxy) is 3. The van der Waals surface area contributed by atoms with Crippen molar-refractivity contribution in [1.82, 2.24) is 20.3 Å². The first kappa shape index (κ1) is 27.0. The monoisotopic (exact) mass is 563 g/mol. The third-order valence-electron chi connectivity index (χ3n) is 6.16. The fraction of sp³-hybridized carbons (Fsp3) is 0.400. The van der Waals surface area contributed by atoms with Crippen LogP contribution in [0.2, 0.25) is 0 Å². The summed E-state index contributed by atoms with van der Waals surface area (Å²) in [7, 11) is 0. The Labute approximate surface area is 225 Å². The summed E-state index contributed by atoms with van der Waals surface area (Å²) in [5, 5.41) is 3.37. The molecule has 2 aromatic heterocycles. The van der Waals surface area contributed by atoms with E-state index in [0.717, 1.165) is 17.3 Å². The number of hydrogen-bond donors (Lipinski definition) is 1. The van der Waals surface area contributed by atoms with Crippen LogP contribution >= 0.6 is 11.3 Å². The van der Waals surface area contributed by atoms with Crippen LogP contribution in [0, 0.1) is 6.92 Å². The standard InChI is InChI=1S/C25H24F3N5O5S/c1-13-7-29-23(39-13)18-5-15(22(35)32-14(2)16-8-30-24(31-9-16)25(26,27)28)6-19-21(18)38-12-20(34)33(19)10-17-11-36-3-4-37-17/h5-9,14,17H,3-4,10-12H2,1-2H3,(H,32,35)/t14-,17?/m1/s1. The first-order chi connectivity index (χ1) is 18.6. The topological polar surface area (TPSA) is 116 Å². The summed E-state index contributed by atoms with van der Waals surface area (Å²) in [5.74, 6) is -1.66. The molecule has 39 heavy (non-hydrogen) atoms. The van der Waals surface area contributed by atoms with Gasteiger partial charge in [0.1, 0.15) is 5.01 Å². The molecule has 0 saturated carbocycles. The Hall–Kier alpha value is -3.62. The Balaban J connectivity index is 1.47. The van der Waals surface area contributed by atoms with Gasteiger partial charge in [0.05, 0.1) is 49.8 Å². The minimum atomic E-state index is -4.67. The Bertz CT molecular complexity index is 1380. The van der Waals surface area contributed by atoms with Crippen molar-refractivity contribution in [3.8, 4) is 16.3 Å². The number of amides is 2. The van der Waals surface area contributed by atoms with Crippen molar-refractivity contribution >= 4 is 28.8 Å². The molecule has 2 amide bonds. The highest BCUT2D eigenvalue weighted by molar-refractivity contribution is 7.15. The zero-order chi connectivity index (χ0) is 27.7. The van der Waals surface area contributed by atoms with Gasteiger partial charge in [0.25, 0.3) is 11.8 Å². The van der Waals surface area contributed by atoms with Gasteiger partial charge in [0.15, 0.2) is 12.4 Å². The molecule has 0 spiro atoms. The minimum absolute atomic E-state index is 0.186. The van der Waals surface area contributed by atoms with E-state index in [4.69, 9.17) is 14.2 Å². The average Bonchev–Trinajstić information content (AvgIpc) is 3.35. The van der Waals surface area contributed by atoms with E-state index in [1.54, 1.807) is 25.3 Å². The fourth-order valence-electron chi connectivity index (χ4n) is 4.20. The highest BCUT2D eigenvalue weighted by atomic mass is 32.1. The summed E-state index contributed by atoms with van der Waals surface area (Å²) in [6.07, 6.45) is -1.27. The molecule has 1 unspecified atom stereocenters. The van der Waals surface area contributed by atoms with Crippen molar-refractivity contribution in [3.63, 3.8) is 0 Å². The number of thiazole rings is 1. The lowest BCUT2D eigenvalue weighted by molar-refractivity contribution is -0.145. The third kappa shape index (κ3) is 5.87. The van der Waals surface area contributed by atoms with E-state index in [2.05, 4.69) is 20.3 Å². The maximum Gasteiger partial charge on any atom is 0.451 e. The smallest absolute Gasteiger partial charge is 0.451 e. The van der Waals surface area contributed by atoms with Crippen LogP contribution in [0.1, 0.15) is 39.6 Å². The Kier molecular flexibility index (Phi) is 7.51. The van der Waals surface area contributed by atoms with E-state index in [1.807, 2.05) is 6.92 Å². The largest absolute Gasteiger partial charge is 0.481 e. The summed E-state index contributed by atoms with van der Waals surface area (Å²) < 4.78 is 55.5. The summed E-state index contributed by atoms with van der Waals surface area (Å²) in [5.41, 5.74) is 1.43. The first-order valence-corrected chi connectivity index (χ1v) is 12.8. The predicted molar refractivity (Wildman–Crippen MR) is 134 cm³/mol. The van der Waals surface area contributed by atoms with Crippen LogP contribution in [-0.4, -0.2) is 65.8 Å². The molecule has 1 fully saturated rings. The normalized spacial score (nSPS) is 18.3. The van der Waals surface area contributed by atoms with Crippen molar-refractivity contribution in [2.75, 3.05) is 37.9 Å². The Morgan fingerprint density at radius 3 is 2.62 bits per heavy atom. The lowest BCUT2D eigenvalue weighted by atomic mass is 10.0. The number of hydrogen-bond acceptors (Lipinski definition) is 9. The van der Waals surface area contributed by atoms with Crippen molar-refractivity contribution in [1.29, 1.82) is 0 Å². The second kappa shape index (κ2) is 10.9. The number of aryl methyl sites for hydroxylation is 1. The molecule has 1 N–H and O–H groups in total. The summed E-state index contributed by atoms with van der Waals surface area (Å²) in [4.78, 5) is 39.9. The predicted octanol–water partition coefficient (Wildman–Crippen LogP) is 3.56. The summed E-state index contributed by atoms with van der Waals surface area (Å²) >= 11 is 1.41. The van der Waals surface area contributed by atoms with Gasteiger partial charge in [-0.25, -0.2) is 15.0 Å². The summed E-state index contributed by atoms with van der Waals surface area (Å²) in [6.45, 7) is 4.73. The van der Waals surface area contributed by atoms with Crippen LogP contribution in [0.5, 0.6) is 5.75 Å². The van der Waals surface area contributed by atoms with E-state index >= 15 is 0 Å². The van der Waals surface area contributed by atoms with Crippen LogP contribution in [0.3, 0.4) is 0 Å². The number of anilines is 1. The quantitative estimate of drug-likeness (QED) is 0.484. The van der Waals surface area contributed by atoms with Gasteiger partial charge in [-0.3, -0.25) is 9.59 Å². The number of alkyl halides is 3. The number of aromatic nitrogens is 3. The lowest BCUT2D eigenvalue weighted by Gasteiger charge is -2.34. The number of halogens is 3. The molecule has 206 valence electrons. The molecular formula is C25H24F3N5O5S. The van der Waals surface area contributed by atoms with Crippen molar-refractivity contribution in [2.24, 2.45) is 0 Å². The Morgan fingerprint density at radius 1 is 1.21 bits per heavy atom. The third-order valence-corrected chi connectivity index (χ3v) is 7.11. The molecule has 2 aliphatic heterocycles. The van der Waals surface area contributed by atoms with Gasteiger partial charge in [0, 0.05) is 34.6 Å². The maximum absolute atomic E-state index is 13.4. The molecule has 10 nitrogen and oxygen atoms in total. The number of carbonyl (C=O) groups is 2. The molecule has 14 heteroatoms. The lowest BCUT2D eigenvalue weighted by Crippen LogP contribution is -2.46. The van der Waals surface area contributed by atoms with Crippen LogP contribution in [-0.2, 0) is 20.4 Å².